The van der Waals surface area contributed by atoms with Gasteiger partial charge in [0.15, 0.2) is 0 Å². The number of benzene rings is 1. The molecule has 0 spiro atoms. The molecular weight excluding hydrogens is 184 g/mol. The largest absolute Gasteiger partial charge is 0.298 e. The van der Waals surface area contributed by atoms with Crippen LogP contribution < -0.4 is 0 Å². The van der Waals surface area contributed by atoms with E-state index in [2.05, 4.69) is 25.6 Å². The van der Waals surface area contributed by atoms with Crippen molar-refractivity contribution < 1.29 is 4.79 Å². The monoisotopic (exact) mass is 200 g/mol. The fourth-order valence-electron chi connectivity index (χ4n) is 2.27. The van der Waals surface area contributed by atoms with Gasteiger partial charge in [-0.15, -0.1) is 0 Å². The molecule has 0 saturated heterocycles. The second-order valence-electron chi connectivity index (χ2n) is 4.31. The van der Waals surface area contributed by atoms with Crippen LogP contribution in [0.15, 0.2) is 24.8 Å². The van der Waals surface area contributed by atoms with E-state index >= 15 is 0 Å². The maximum atomic E-state index is 10.6. The lowest BCUT2D eigenvalue weighted by molar-refractivity contribution is -0.103. The van der Waals surface area contributed by atoms with Crippen LogP contribution in [0.3, 0.4) is 0 Å². The molecule has 1 unspecified atom stereocenters. The summed E-state index contributed by atoms with van der Waals surface area (Å²) < 4.78 is 0. The molecule has 0 aromatic heterocycles. The van der Waals surface area contributed by atoms with Crippen LogP contribution in [0.4, 0.5) is 0 Å². The van der Waals surface area contributed by atoms with Crippen LogP contribution in [0.1, 0.15) is 30.0 Å². The number of aldehydes is 1. The molecule has 0 fully saturated rings. The molecule has 1 aliphatic carbocycles. The summed E-state index contributed by atoms with van der Waals surface area (Å²) in [4.78, 5) is 10.6. The molecular formula is C14H16O. The number of fused-ring (bicyclic) bond motifs is 1. The minimum atomic E-state index is 0.581. The van der Waals surface area contributed by atoms with Crippen LogP contribution in [0.25, 0.3) is 5.57 Å². The Hall–Kier alpha value is -1.37. The lowest BCUT2D eigenvalue weighted by Crippen LogP contribution is -1.95. The van der Waals surface area contributed by atoms with Gasteiger partial charge >= 0.3 is 0 Å². The quantitative estimate of drug-likeness (QED) is 0.541. The third-order valence-corrected chi connectivity index (χ3v) is 3.31. The lowest BCUT2D eigenvalue weighted by atomic mass is 10.0. The second-order valence-corrected chi connectivity index (χ2v) is 4.31. The van der Waals surface area contributed by atoms with Crippen molar-refractivity contribution in [2.24, 2.45) is 5.92 Å². The molecule has 1 atom stereocenters. The van der Waals surface area contributed by atoms with Gasteiger partial charge in [-0.1, -0.05) is 38.1 Å². The van der Waals surface area contributed by atoms with Gasteiger partial charge in [0.25, 0.3) is 0 Å². The van der Waals surface area contributed by atoms with Gasteiger partial charge in [-0.05, 0) is 35.4 Å². The first kappa shape index (κ1) is 10.2. The highest BCUT2D eigenvalue weighted by molar-refractivity contribution is 6.05. The van der Waals surface area contributed by atoms with E-state index in [1.54, 1.807) is 0 Å². The zero-order valence-electron chi connectivity index (χ0n) is 9.12. The maximum Gasteiger partial charge on any atom is 0.150 e. The first-order valence-electron chi connectivity index (χ1n) is 5.50. The highest BCUT2D eigenvalue weighted by Gasteiger charge is 2.19. The van der Waals surface area contributed by atoms with Crippen molar-refractivity contribution in [2.75, 3.05) is 0 Å². The van der Waals surface area contributed by atoms with Crippen LogP contribution in [0.5, 0.6) is 0 Å². The topological polar surface area (TPSA) is 17.1 Å². The number of hydrogen-bond donors (Lipinski definition) is 0. The highest BCUT2D eigenvalue weighted by atomic mass is 16.1. The lowest BCUT2D eigenvalue weighted by Gasteiger charge is -2.02. The molecule has 78 valence electrons. The Labute approximate surface area is 90.8 Å². The Balaban J connectivity index is 2.30. The Morgan fingerprint density at radius 3 is 2.87 bits per heavy atom. The molecule has 1 heteroatoms. The SMILES string of the molecule is C=C(C=O)c1ccc2c(c1)CC(CC)C2. The van der Waals surface area contributed by atoms with Crippen molar-refractivity contribution in [2.45, 2.75) is 26.2 Å². The smallest absolute Gasteiger partial charge is 0.150 e. The average molecular weight is 200 g/mol. The Bertz CT molecular complexity index is 404. The predicted molar refractivity (Wildman–Crippen MR) is 62.7 cm³/mol. The van der Waals surface area contributed by atoms with Crippen LogP contribution in [0, 0.1) is 5.92 Å². The van der Waals surface area contributed by atoms with Crippen molar-refractivity contribution in [3.8, 4) is 0 Å². The summed E-state index contributed by atoms with van der Waals surface area (Å²) in [5.74, 6) is 0.791. The molecule has 1 aliphatic rings. The first-order valence-corrected chi connectivity index (χ1v) is 5.50. The van der Waals surface area contributed by atoms with Crippen LogP contribution in [0.2, 0.25) is 0 Å². The first-order chi connectivity index (χ1) is 7.24. The summed E-state index contributed by atoms with van der Waals surface area (Å²) >= 11 is 0. The molecule has 15 heavy (non-hydrogen) atoms. The molecule has 0 bridgehead atoms. The van der Waals surface area contributed by atoms with Gasteiger partial charge in [0.2, 0.25) is 0 Å². The number of hydrogen-bond acceptors (Lipinski definition) is 1. The van der Waals surface area contributed by atoms with Crippen LogP contribution in [-0.4, -0.2) is 6.29 Å². The van der Waals surface area contributed by atoms with Gasteiger partial charge < -0.3 is 0 Å². The molecule has 0 aliphatic heterocycles. The molecule has 0 radical (unpaired) electrons. The van der Waals surface area contributed by atoms with E-state index in [0.29, 0.717) is 5.57 Å². The zero-order chi connectivity index (χ0) is 10.8. The number of carbonyl (C=O) groups excluding carboxylic acids is 1. The van der Waals surface area contributed by atoms with Crippen molar-refractivity contribution in [1.29, 1.82) is 0 Å². The number of carbonyl (C=O) groups is 1. The highest BCUT2D eigenvalue weighted by Crippen LogP contribution is 2.30. The summed E-state index contributed by atoms with van der Waals surface area (Å²) in [5.41, 5.74) is 4.41. The van der Waals surface area contributed by atoms with E-state index in [4.69, 9.17) is 0 Å². The summed E-state index contributed by atoms with van der Waals surface area (Å²) in [5, 5.41) is 0. The maximum absolute atomic E-state index is 10.6. The average Bonchev–Trinajstić information content (AvgIpc) is 2.69. The van der Waals surface area contributed by atoms with Crippen molar-refractivity contribution in [3.63, 3.8) is 0 Å². The van der Waals surface area contributed by atoms with E-state index in [1.165, 1.54) is 24.0 Å². The number of rotatable bonds is 3. The molecule has 0 amide bonds. The fraction of sp³-hybridized carbons (Fsp3) is 0.357. The van der Waals surface area contributed by atoms with Gasteiger partial charge in [0.1, 0.15) is 6.29 Å². The third kappa shape index (κ3) is 1.87. The number of allylic oxidation sites excluding steroid dienone is 1. The molecule has 1 nitrogen and oxygen atoms in total. The summed E-state index contributed by atoms with van der Waals surface area (Å²) in [7, 11) is 0. The normalized spacial score (nSPS) is 18.6. The molecule has 0 saturated carbocycles. The van der Waals surface area contributed by atoms with Crippen molar-refractivity contribution in [3.05, 3.63) is 41.5 Å². The molecule has 2 rings (SSSR count). The molecule has 1 aromatic carbocycles. The van der Waals surface area contributed by atoms with E-state index in [0.717, 1.165) is 24.2 Å². The van der Waals surface area contributed by atoms with E-state index in [1.807, 2.05) is 6.07 Å². The van der Waals surface area contributed by atoms with Gasteiger partial charge in [0.05, 0.1) is 0 Å². The van der Waals surface area contributed by atoms with Gasteiger partial charge in [-0.2, -0.15) is 0 Å². The minimum Gasteiger partial charge on any atom is -0.298 e. The third-order valence-electron chi connectivity index (χ3n) is 3.31. The van der Waals surface area contributed by atoms with Crippen LogP contribution >= 0.6 is 0 Å². The van der Waals surface area contributed by atoms with Gasteiger partial charge in [-0.25, -0.2) is 0 Å². The fourth-order valence-corrected chi connectivity index (χ4v) is 2.27. The second kappa shape index (κ2) is 4.01. The van der Waals surface area contributed by atoms with Gasteiger partial charge in [0, 0.05) is 5.57 Å². The Kier molecular flexibility index (Phi) is 2.72. The predicted octanol–water partition coefficient (Wildman–Crippen LogP) is 3.02. The van der Waals surface area contributed by atoms with E-state index < -0.39 is 0 Å². The molecule has 0 heterocycles. The molecule has 1 aromatic rings. The summed E-state index contributed by atoms with van der Waals surface area (Å²) in [6.45, 7) is 5.98. The Morgan fingerprint density at radius 1 is 1.47 bits per heavy atom. The van der Waals surface area contributed by atoms with Crippen LogP contribution in [-0.2, 0) is 17.6 Å². The summed E-state index contributed by atoms with van der Waals surface area (Å²) in [6.07, 6.45) is 4.41. The Morgan fingerprint density at radius 2 is 2.20 bits per heavy atom. The minimum absolute atomic E-state index is 0.581. The van der Waals surface area contributed by atoms with E-state index in [-0.39, 0.29) is 0 Å². The molecule has 0 N–H and O–H groups in total. The standard InChI is InChI=1S/C14H16O/c1-3-11-6-13-5-4-12(10(2)9-15)8-14(13)7-11/h4-5,8-9,11H,2-3,6-7H2,1H3. The van der Waals surface area contributed by atoms with Crippen molar-refractivity contribution in [1.82, 2.24) is 0 Å². The summed E-state index contributed by atoms with van der Waals surface area (Å²) in [6, 6.07) is 6.28. The van der Waals surface area contributed by atoms with E-state index in [9.17, 15) is 4.79 Å². The van der Waals surface area contributed by atoms with Crippen molar-refractivity contribution >= 4 is 11.9 Å². The zero-order valence-corrected chi connectivity index (χ0v) is 9.12. The van der Waals surface area contributed by atoms with Gasteiger partial charge in [-0.3, -0.25) is 4.79 Å².